The Morgan fingerprint density at radius 2 is 2.31 bits per heavy atom. The van der Waals surface area contributed by atoms with Crippen LogP contribution < -0.4 is 5.73 Å². The number of nitrogen functional groups attached to an aromatic ring is 1. The highest BCUT2D eigenvalue weighted by molar-refractivity contribution is 5.94. The average molecular weight is 222 g/mol. The lowest BCUT2D eigenvalue weighted by molar-refractivity contribution is 0.0787. The van der Waals surface area contributed by atoms with Gasteiger partial charge in [0.1, 0.15) is 5.82 Å². The molecule has 1 unspecified atom stereocenters. The van der Waals surface area contributed by atoms with E-state index in [1.165, 1.54) is 12.1 Å². The van der Waals surface area contributed by atoms with Crippen LogP contribution >= 0.6 is 0 Å². The second kappa shape index (κ2) is 4.12. The van der Waals surface area contributed by atoms with Gasteiger partial charge in [-0.2, -0.15) is 0 Å². The molecule has 1 aliphatic heterocycles. The number of rotatable bonds is 1. The number of carbonyl (C=O) groups excluding carboxylic acids is 1. The lowest BCUT2D eigenvalue weighted by Crippen LogP contribution is -2.28. The molecule has 0 radical (unpaired) electrons. The summed E-state index contributed by atoms with van der Waals surface area (Å²) in [5.41, 5.74) is 5.82. The van der Waals surface area contributed by atoms with E-state index in [0.717, 1.165) is 19.5 Å². The fourth-order valence-corrected chi connectivity index (χ4v) is 1.96. The highest BCUT2D eigenvalue weighted by atomic mass is 19.1. The first-order valence-corrected chi connectivity index (χ1v) is 5.42. The maximum Gasteiger partial charge on any atom is 0.253 e. The Balaban J connectivity index is 2.18. The van der Waals surface area contributed by atoms with Crippen molar-refractivity contribution in [2.75, 3.05) is 18.8 Å². The van der Waals surface area contributed by atoms with E-state index in [1.807, 2.05) is 0 Å². The SMILES string of the molecule is CC1CCN(C(=O)c2ccc(N)c(F)c2)C1. The lowest BCUT2D eigenvalue weighted by Gasteiger charge is -2.16. The molecule has 2 N–H and O–H groups in total. The number of halogens is 1. The van der Waals surface area contributed by atoms with Crippen molar-refractivity contribution in [2.45, 2.75) is 13.3 Å². The molecule has 4 heteroatoms. The third-order valence-electron chi connectivity index (χ3n) is 2.96. The van der Waals surface area contributed by atoms with Crippen molar-refractivity contribution in [1.82, 2.24) is 4.90 Å². The summed E-state index contributed by atoms with van der Waals surface area (Å²) in [5, 5.41) is 0. The van der Waals surface area contributed by atoms with Crippen molar-refractivity contribution in [3.63, 3.8) is 0 Å². The summed E-state index contributed by atoms with van der Waals surface area (Å²) in [7, 11) is 0. The minimum atomic E-state index is -0.530. The molecule has 0 bridgehead atoms. The van der Waals surface area contributed by atoms with Crippen LogP contribution in [0, 0.1) is 11.7 Å². The summed E-state index contributed by atoms with van der Waals surface area (Å²) in [6.07, 6.45) is 1.02. The Morgan fingerprint density at radius 1 is 1.56 bits per heavy atom. The van der Waals surface area contributed by atoms with Crippen molar-refractivity contribution >= 4 is 11.6 Å². The fraction of sp³-hybridized carbons (Fsp3) is 0.417. The van der Waals surface area contributed by atoms with E-state index in [1.54, 1.807) is 11.0 Å². The second-order valence-electron chi connectivity index (χ2n) is 4.38. The minimum Gasteiger partial charge on any atom is -0.396 e. The van der Waals surface area contributed by atoms with E-state index in [9.17, 15) is 9.18 Å². The summed E-state index contributed by atoms with van der Waals surface area (Å²) >= 11 is 0. The van der Waals surface area contributed by atoms with Gasteiger partial charge < -0.3 is 10.6 Å². The molecule has 0 saturated carbocycles. The highest BCUT2D eigenvalue weighted by Crippen LogP contribution is 2.19. The first-order valence-electron chi connectivity index (χ1n) is 5.42. The van der Waals surface area contributed by atoms with Crippen LogP contribution in [0.25, 0.3) is 0 Å². The predicted octanol–water partition coefficient (Wildman–Crippen LogP) is 1.89. The third kappa shape index (κ3) is 2.01. The first-order chi connectivity index (χ1) is 7.58. The van der Waals surface area contributed by atoms with Crippen LogP contribution in [0.15, 0.2) is 18.2 Å². The number of hydrogen-bond donors (Lipinski definition) is 1. The Morgan fingerprint density at radius 3 is 2.88 bits per heavy atom. The van der Waals surface area contributed by atoms with E-state index < -0.39 is 5.82 Å². The zero-order valence-corrected chi connectivity index (χ0v) is 9.24. The van der Waals surface area contributed by atoms with Gasteiger partial charge in [0.2, 0.25) is 0 Å². The van der Waals surface area contributed by atoms with Gasteiger partial charge in [0.15, 0.2) is 0 Å². The van der Waals surface area contributed by atoms with Crippen LogP contribution in [0.4, 0.5) is 10.1 Å². The van der Waals surface area contributed by atoms with E-state index in [2.05, 4.69) is 6.92 Å². The molecular formula is C12H15FN2O. The summed E-state index contributed by atoms with van der Waals surface area (Å²) in [6.45, 7) is 3.62. The van der Waals surface area contributed by atoms with Crippen LogP contribution in [0.1, 0.15) is 23.7 Å². The van der Waals surface area contributed by atoms with Gasteiger partial charge in [-0.3, -0.25) is 4.79 Å². The standard InChI is InChI=1S/C12H15FN2O/c1-8-4-5-15(7-8)12(16)9-2-3-11(14)10(13)6-9/h2-3,6,8H,4-5,7,14H2,1H3. The molecule has 0 aromatic heterocycles. The van der Waals surface area contributed by atoms with Gasteiger partial charge in [0, 0.05) is 18.7 Å². The lowest BCUT2D eigenvalue weighted by atomic mass is 10.1. The number of carbonyl (C=O) groups is 1. The zero-order valence-electron chi connectivity index (χ0n) is 9.24. The molecule has 1 fully saturated rings. The van der Waals surface area contributed by atoms with Gasteiger partial charge in [-0.05, 0) is 30.5 Å². The van der Waals surface area contributed by atoms with E-state index >= 15 is 0 Å². The van der Waals surface area contributed by atoms with Gasteiger partial charge in [0.05, 0.1) is 5.69 Å². The number of likely N-dealkylation sites (tertiary alicyclic amines) is 1. The number of benzene rings is 1. The minimum absolute atomic E-state index is 0.0753. The average Bonchev–Trinajstić information content (AvgIpc) is 2.68. The zero-order chi connectivity index (χ0) is 11.7. The molecule has 86 valence electrons. The van der Waals surface area contributed by atoms with Gasteiger partial charge >= 0.3 is 0 Å². The van der Waals surface area contributed by atoms with E-state index in [-0.39, 0.29) is 11.6 Å². The maximum absolute atomic E-state index is 13.2. The number of amides is 1. The maximum atomic E-state index is 13.2. The number of nitrogens with two attached hydrogens (primary N) is 1. The molecule has 1 aromatic carbocycles. The van der Waals surface area contributed by atoms with Crippen LogP contribution in [-0.2, 0) is 0 Å². The summed E-state index contributed by atoms with van der Waals surface area (Å²) < 4.78 is 13.2. The summed E-state index contributed by atoms with van der Waals surface area (Å²) in [6, 6.07) is 4.21. The number of anilines is 1. The molecule has 1 atom stereocenters. The van der Waals surface area contributed by atoms with Gasteiger partial charge in [-0.25, -0.2) is 4.39 Å². The molecule has 1 aliphatic rings. The van der Waals surface area contributed by atoms with Crippen molar-refractivity contribution in [3.05, 3.63) is 29.6 Å². The molecular weight excluding hydrogens is 207 g/mol. The van der Waals surface area contributed by atoms with Crippen molar-refractivity contribution in [3.8, 4) is 0 Å². The van der Waals surface area contributed by atoms with Crippen LogP contribution in [0.2, 0.25) is 0 Å². The molecule has 0 aliphatic carbocycles. The number of hydrogen-bond acceptors (Lipinski definition) is 2. The second-order valence-corrected chi connectivity index (χ2v) is 4.38. The van der Waals surface area contributed by atoms with Gasteiger partial charge in [0.25, 0.3) is 5.91 Å². The molecule has 0 spiro atoms. The normalized spacial score (nSPS) is 20.1. The van der Waals surface area contributed by atoms with Crippen molar-refractivity contribution < 1.29 is 9.18 Å². The monoisotopic (exact) mass is 222 g/mol. The Kier molecular flexibility index (Phi) is 2.81. The first kappa shape index (κ1) is 10.9. The Bertz CT molecular complexity index is 419. The third-order valence-corrected chi connectivity index (χ3v) is 2.96. The summed E-state index contributed by atoms with van der Waals surface area (Å²) in [4.78, 5) is 13.7. The van der Waals surface area contributed by atoms with Crippen LogP contribution in [0.3, 0.4) is 0 Å². The van der Waals surface area contributed by atoms with Crippen molar-refractivity contribution in [1.29, 1.82) is 0 Å². The molecule has 1 heterocycles. The largest absolute Gasteiger partial charge is 0.396 e. The molecule has 1 saturated heterocycles. The topological polar surface area (TPSA) is 46.3 Å². The molecule has 3 nitrogen and oxygen atoms in total. The van der Waals surface area contributed by atoms with Gasteiger partial charge in [-0.1, -0.05) is 6.92 Å². The molecule has 1 aromatic rings. The molecule has 16 heavy (non-hydrogen) atoms. The van der Waals surface area contributed by atoms with E-state index in [4.69, 9.17) is 5.73 Å². The predicted molar refractivity (Wildman–Crippen MR) is 60.5 cm³/mol. The Labute approximate surface area is 94.0 Å². The van der Waals surface area contributed by atoms with Crippen LogP contribution in [0.5, 0.6) is 0 Å². The number of nitrogens with zero attached hydrogens (tertiary/aromatic N) is 1. The molecule has 1 amide bonds. The fourth-order valence-electron chi connectivity index (χ4n) is 1.96. The van der Waals surface area contributed by atoms with Crippen molar-refractivity contribution in [2.24, 2.45) is 5.92 Å². The highest BCUT2D eigenvalue weighted by Gasteiger charge is 2.24. The summed E-state index contributed by atoms with van der Waals surface area (Å²) in [5.74, 6) is -0.107. The van der Waals surface area contributed by atoms with Gasteiger partial charge in [-0.15, -0.1) is 0 Å². The smallest absolute Gasteiger partial charge is 0.253 e. The Hall–Kier alpha value is -1.58. The van der Waals surface area contributed by atoms with Crippen LogP contribution in [-0.4, -0.2) is 23.9 Å². The van der Waals surface area contributed by atoms with E-state index in [0.29, 0.717) is 11.5 Å². The quantitative estimate of drug-likeness (QED) is 0.737. The molecule has 2 rings (SSSR count).